The van der Waals surface area contributed by atoms with E-state index in [1.807, 2.05) is 43.3 Å². The van der Waals surface area contributed by atoms with Gasteiger partial charge in [-0.15, -0.1) is 0 Å². The molecule has 7 heteroatoms. The van der Waals surface area contributed by atoms with Gasteiger partial charge in [-0.1, -0.05) is 48.0 Å². The van der Waals surface area contributed by atoms with Crippen molar-refractivity contribution >= 4 is 26.6 Å². The van der Waals surface area contributed by atoms with Crippen LogP contribution >= 0.6 is 0 Å². The fourth-order valence-electron chi connectivity index (χ4n) is 3.38. The number of hydrogen-bond donors (Lipinski definition) is 1. The number of rotatable bonds is 7. The highest BCUT2D eigenvalue weighted by atomic mass is 32.2. The molecule has 2 aromatic heterocycles. The van der Waals surface area contributed by atoms with Crippen LogP contribution < -0.4 is 5.32 Å². The van der Waals surface area contributed by atoms with Gasteiger partial charge >= 0.3 is 0 Å². The molecule has 4 rings (SSSR count). The molecule has 0 fully saturated rings. The Hall–Kier alpha value is -3.32. The van der Waals surface area contributed by atoms with E-state index >= 15 is 0 Å². The molecule has 2 aromatic carbocycles. The number of para-hydroxylation sites is 1. The molecule has 0 radical (unpaired) electrons. The van der Waals surface area contributed by atoms with Crippen molar-refractivity contribution in [2.24, 2.45) is 0 Å². The van der Waals surface area contributed by atoms with Gasteiger partial charge in [0.2, 0.25) is 5.91 Å². The minimum atomic E-state index is -3.58. The van der Waals surface area contributed by atoms with Gasteiger partial charge in [-0.2, -0.15) is 0 Å². The summed E-state index contributed by atoms with van der Waals surface area (Å²) in [6.45, 7) is 2.26. The van der Waals surface area contributed by atoms with Gasteiger partial charge in [0.1, 0.15) is 12.3 Å². The largest absolute Gasteiger partial charge is 0.467 e. The first-order valence-electron chi connectivity index (χ1n) is 9.58. The predicted octanol–water partition coefficient (Wildman–Crippen LogP) is 3.83. The number of sulfone groups is 1. The van der Waals surface area contributed by atoms with E-state index in [1.165, 1.54) is 0 Å². The van der Waals surface area contributed by atoms with Gasteiger partial charge in [-0.3, -0.25) is 4.79 Å². The molecule has 0 aliphatic heterocycles. The van der Waals surface area contributed by atoms with E-state index in [2.05, 4.69) is 5.32 Å². The lowest BCUT2D eigenvalue weighted by atomic mass is 10.2. The smallest absolute Gasteiger partial charge is 0.240 e. The lowest BCUT2D eigenvalue weighted by molar-refractivity contribution is -0.121. The Bertz CT molecular complexity index is 1270. The third kappa shape index (κ3) is 4.31. The summed E-state index contributed by atoms with van der Waals surface area (Å²) in [6, 6.07) is 18.2. The van der Waals surface area contributed by atoms with Crippen molar-refractivity contribution in [3.8, 4) is 0 Å². The Balaban J connectivity index is 1.60. The van der Waals surface area contributed by atoms with Gasteiger partial charge in [0.05, 0.1) is 23.5 Å². The molecule has 0 unspecified atom stereocenters. The number of carbonyl (C=O) groups excluding carboxylic acids is 1. The van der Waals surface area contributed by atoms with Crippen molar-refractivity contribution in [2.75, 3.05) is 0 Å². The molecule has 1 amide bonds. The Morgan fingerprint density at radius 3 is 2.53 bits per heavy atom. The number of nitrogens with one attached hydrogen (secondary N) is 1. The number of nitrogens with zero attached hydrogens (tertiary/aromatic N) is 1. The quantitative estimate of drug-likeness (QED) is 0.491. The number of hydrogen-bond acceptors (Lipinski definition) is 4. The molecule has 0 aliphatic rings. The van der Waals surface area contributed by atoms with Gasteiger partial charge in [-0.05, 0) is 30.7 Å². The fraction of sp³-hybridized carbons (Fsp3) is 0.174. The Morgan fingerprint density at radius 1 is 1.03 bits per heavy atom. The Labute approximate surface area is 175 Å². The van der Waals surface area contributed by atoms with Crippen LogP contribution in [0, 0.1) is 6.92 Å². The molecule has 154 valence electrons. The number of carbonyl (C=O) groups is 1. The normalized spacial score (nSPS) is 11.6. The van der Waals surface area contributed by atoms with Crippen LogP contribution in [0.4, 0.5) is 0 Å². The zero-order valence-electron chi connectivity index (χ0n) is 16.5. The number of aryl methyl sites for hydroxylation is 1. The van der Waals surface area contributed by atoms with E-state index in [1.54, 1.807) is 41.3 Å². The zero-order valence-corrected chi connectivity index (χ0v) is 17.4. The molecule has 0 saturated carbocycles. The predicted molar refractivity (Wildman–Crippen MR) is 115 cm³/mol. The second-order valence-corrected chi connectivity index (χ2v) is 9.20. The summed E-state index contributed by atoms with van der Waals surface area (Å²) in [5, 5.41) is 3.40. The lowest BCUT2D eigenvalue weighted by Crippen LogP contribution is -2.26. The summed E-state index contributed by atoms with van der Waals surface area (Å²) in [6.07, 6.45) is 3.10. The molecule has 0 bridgehead atoms. The van der Waals surface area contributed by atoms with E-state index in [0.29, 0.717) is 16.7 Å². The average Bonchev–Trinajstić information content (AvgIpc) is 3.37. The van der Waals surface area contributed by atoms with Crippen LogP contribution in [0.2, 0.25) is 0 Å². The third-order valence-electron chi connectivity index (χ3n) is 4.92. The molecule has 0 atom stereocenters. The Kier molecular flexibility index (Phi) is 5.46. The van der Waals surface area contributed by atoms with Crippen molar-refractivity contribution < 1.29 is 17.6 Å². The summed E-state index contributed by atoms with van der Waals surface area (Å²) >= 11 is 0. The maximum atomic E-state index is 13.2. The molecule has 30 heavy (non-hydrogen) atoms. The Morgan fingerprint density at radius 2 is 1.80 bits per heavy atom. The number of aromatic nitrogens is 1. The summed E-state index contributed by atoms with van der Waals surface area (Å²) in [7, 11) is -3.58. The van der Waals surface area contributed by atoms with E-state index in [0.717, 1.165) is 11.1 Å². The van der Waals surface area contributed by atoms with Crippen LogP contribution in [0.5, 0.6) is 0 Å². The molecular formula is C23H22N2O4S. The fourth-order valence-corrected chi connectivity index (χ4v) is 4.96. The van der Waals surface area contributed by atoms with Gasteiger partial charge in [-0.25, -0.2) is 8.42 Å². The van der Waals surface area contributed by atoms with Crippen molar-refractivity contribution in [3.05, 3.63) is 90.0 Å². The van der Waals surface area contributed by atoms with E-state index < -0.39 is 9.84 Å². The van der Waals surface area contributed by atoms with Crippen molar-refractivity contribution in [2.45, 2.75) is 30.7 Å². The van der Waals surface area contributed by atoms with Crippen LogP contribution in [0.1, 0.15) is 16.9 Å². The minimum absolute atomic E-state index is 0.0152. The van der Waals surface area contributed by atoms with Gasteiger partial charge in [0, 0.05) is 17.1 Å². The first-order chi connectivity index (χ1) is 14.4. The second-order valence-electron chi connectivity index (χ2n) is 7.24. The van der Waals surface area contributed by atoms with Gasteiger partial charge in [0.25, 0.3) is 0 Å². The monoisotopic (exact) mass is 422 g/mol. The van der Waals surface area contributed by atoms with Crippen LogP contribution in [0.3, 0.4) is 0 Å². The molecule has 0 spiro atoms. The maximum Gasteiger partial charge on any atom is 0.240 e. The molecule has 0 saturated heterocycles. The highest BCUT2D eigenvalue weighted by molar-refractivity contribution is 7.90. The summed E-state index contributed by atoms with van der Waals surface area (Å²) in [5.41, 5.74) is 2.51. The zero-order chi connectivity index (χ0) is 21.1. The van der Waals surface area contributed by atoms with Crippen LogP contribution in [-0.4, -0.2) is 18.9 Å². The second kappa shape index (κ2) is 8.20. The number of fused-ring (bicyclic) bond motifs is 1. The van der Waals surface area contributed by atoms with Crippen LogP contribution in [0.25, 0.3) is 10.9 Å². The number of furan rings is 1. The molecule has 1 N–H and O–H groups in total. The summed E-state index contributed by atoms with van der Waals surface area (Å²) in [5.74, 6) is 0.336. The van der Waals surface area contributed by atoms with E-state index in [4.69, 9.17) is 4.42 Å². The van der Waals surface area contributed by atoms with Crippen molar-refractivity contribution in [1.82, 2.24) is 9.88 Å². The minimum Gasteiger partial charge on any atom is -0.467 e. The van der Waals surface area contributed by atoms with Crippen LogP contribution in [-0.2, 0) is 33.5 Å². The standard InChI is InChI=1S/C23H22N2O4S/c1-17-8-10-18(11-9-17)16-30(27,28)22-14-25(21-7-3-2-6-20(21)22)15-23(26)24-13-19-5-4-12-29-19/h2-12,14H,13,15-16H2,1H3,(H,24,26). The maximum absolute atomic E-state index is 13.2. The average molecular weight is 423 g/mol. The molecule has 2 heterocycles. The molecule has 6 nitrogen and oxygen atoms in total. The van der Waals surface area contributed by atoms with Crippen molar-refractivity contribution in [3.63, 3.8) is 0 Å². The SMILES string of the molecule is Cc1ccc(CS(=O)(=O)c2cn(CC(=O)NCc3ccco3)c3ccccc23)cc1. The van der Waals surface area contributed by atoms with Crippen molar-refractivity contribution in [1.29, 1.82) is 0 Å². The summed E-state index contributed by atoms with van der Waals surface area (Å²) < 4.78 is 33.2. The van der Waals surface area contributed by atoms with E-state index in [-0.39, 0.29) is 29.6 Å². The highest BCUT2D eigenvalue weighted by Crippen LogP contribution is 2.28. The third-order valence-corrected chi connectivity index (χ3v) is 6.63. The summed E-state index contributed by atoms with van der Waals surface area (Å²) in [4.78, 5) is 12.6. The molecular weight excluding hydrogens is 400 g/mol. The molecule has 0 aliphatic carbocycles. The highest BCUT2D eigenvalue weighted by Gasteiger charge is 2.22. The lowest BCUT2D eigenvalue weighted by Gasteiger charge is -2.06. The van der Waals surface area contributed by atoms with E-state index in [9.17, 15) is 13.2 Å². The number of amides is 1. The van der Waals surface area contributed by atoms with Crippen LogP contribution in [0.15, 0.2) is 82.4 Å². The number of benzene rings is 2. The first kappa shape index (κ1) is 20.0. The first-order valence-corrected chi connectivity index (χ1v) is 11.2. The topological polar surface area (TPSA) is 81.3 Å². The molecule has 4 aromatic rings. The van der Waals surface area contributed by atoms with Gasteiger partial charge in [0.15, 0.2) is 9.84 Å². The van der Waals surface area contributed by atoms with Gasteiger partial charge < -0.3 is 14.3 Å².